The second-order valence-corrected chi connectivity index (χ2v) is 3.91. The van der Waals surface area contributed by atoms with Gasteiger partial charge in [-0.15, -0.1) is 0 Å². The molecule has 0 bridgehead atoms. The highest BCUT2D eigenvalue weighted by Gasteiger charge is 2.23. The van der Waals surface area contributed by atoms with Gasteiger partial charge in [-0.25, -0.2) is 0 Å². The van der Waals surface area contributed by atoms with E-state index in [-0.39, 0.29) is 5.97 Å². The lowest BCUT2D eigenvalue weighted by molar-refractivity contribution is -0.142. The summed E-state index contributed by atoms with van der Waals surface area (Å²) in [4.78, 5) is 11.0. The molecule has 0 aromatic rings. The van der Waals surface area contributed by atoms with Gasteiger partial charge >= 0.3 is 5.97 Å². The van der Waals surface area contributed by atoms with E-state index in [9.17, 15) is 4.79 Å². The summed E-state index contributed by atoms with van der Waals surface area (Å²) < 4.78 is 4.65. The number of esters is 1. The molecule has 13 heavy (non-hydrogen) atoms. The van der Waals surface area contributed by atoms with Crippen LogP contribution in [0.3, 0.4) is 0 Å². The third-order valence-electron chi connectivity index (χ3n) is 2.91. The van der Waals surface area contributed by atoms with Crippen LogP contribution in [-0.2, 0) is 9.53 Å². The largest absolute Gasteiger partial charge is 0.469 e. The van der Waals surface area contributed by atoms with Crippen LogP contribution in [0.5, 0.6) is 0 Å². The van der Waals surface area contributed by atoms with Gasteiger partial charge in [-0.1, -0.05) is 6.42 Å². The normalized spacial score (nSPS) is 28.5. The number of carbonyl (C=O) groups excluding carboxylic acids is 1. The van der Waals surface area contributed by atoms with Gasteiger partial charge in [0.15, 0.2) is 0 Å². The molecule has 1 aliphatic rings. The minimum Gasteiger partial charge on any atom is -0.469 e. The van der Waals surface area contributed by atoms with Gasteiger partial charge in [-0.05, 0) is 37.6 Å². The Labute approximate surface area is 79.6 Å². The van der Waals surface area contributed by atoms with Gasteiger partial charge in [0.05, 0.1) is 7.11 Å². The summed E-state index contributed by atoms with van der Waals surface area (Å²) in [6.07, 6.45) is 5.28. The van der Waals surface area contributed by atoms with E-state index in [4.69, 9.17) is 5.73 Å². The van der Waals surface area contributed by atoms with Crippen LogP contribution in [0.2, 0.25) is 0 Å². The molecule has 2 N–H and O–H groups in total. The van der Waals surface area contributed by atoms with Gasteiger partial charge in [0, 0.05) is 6.42 Å². The molecule has 0 aliphatic heterocycles. The highest BCUT2D eigenvalue weighted by molar-refractivity contribution is 5.69. The number of hydrogen-bond donors (Lipinski definition) is 1. The van der Waals surface area contributed by atoms with Crippen molar-refractivity contribution in [2.45, 2.75) is 32.1 Å². The summed E-state index contributed by atoms with van der Waals surface area (Å²) >= 11 is 0. The van der Waals surface area contributed by atoms with Crippen LogP contribution in [0.25, 0.3) is 0 Å². The second-order valence-electron chi connectivity index (χ2n) is 3.91. The Morgan fingerprint density at radius 2 is 2.15 bits per heavy atom. The van der Waals surface area contributed by atoms with Crippen molar-refractivity contribution in [1.29, 1.82) is 0 Å². The molecule has 0 aromatic carbocycles. The Bertz CT molecular complexity index is 170. The van der Waals surface area contributed by atoms with E-state index in [2.05, 4.69) is 4.74 Å². The summed E-state index contributed by atoms with van der Waals surface area (Å²) in [6, 6.07) is 0. The number of methoxy groups -OCH3 is 1. The summed E-state index contributed by atoms with van der Waals surface area (Å²) in [5.74, 6) is 1.06. The van der Waals surface area contributed by atoms with Gasteiger partial charge in [0.25, 0.3) is 0 Å². The Hall–Kier alpha value is -0.570. The molecule has 0 spiro atoms. The maximum absolute atomic E-state index is 11.0. The number of carbonyl (C=O) groups is 1. The first kappa shape index (κ1) is 10.5. The summed E-state index contributed by atoms with van der Waals surface area (Å²) in [7, 11) is 1.45. The zero-order valence-corrected chi connectivity index (χ0v) is 8.29. The molecule has 1 saturated carbocycles. The minimum atomic E-state index is -0.0809. The van der Waals surface area contributed by atoms with Crippen LogP contribution in [0, 0.1) is 11.8 Å². The summed E-state index contributed by atoms with van der Waals surface area (Å²) in [5.41, 5.74) is 5.61. The van der Waals surface area contributed by atoms with E-state index in [1.54, 1.807) is 0 Å². The molecule has 0 radical (unpaired) electrons. The predicted molar refractivity (Wildman–Crippen MR) is 51.1 cm³/mol. The molecular weight excluding hydrogens is 166 g/mol. The van der Waals surface area contributed by atoms with E-state index < -0.39 is 0 Å². The smallest absolute Gasteiger partial charge is 0.305 e. The quantitative estimate of drug-likeness (QED) is 0.674. The Kier molecular flexibility index (Phi) is 4.22. The molecule has 2 unspecified atom stereocenters. The first-order chi connectivity index (χ1) is 6.26. The Balaban J connectivity index is 2.29. The molecular formula is C10H19NO2. The van der Waals surface area contributed by atoms with Gasteiger partial charge in [0.2, 0.25) is 0 Å². The average molecular weight is 185 g/mol. The summed E-state index contributed by atoms with van der Waals surface area (Å²) in [6.45, 7) is 0.762. The summed E-state index contributed by atoms with van der Waals surface area (Å²) in [5, 5.41) is 0. The Morgan fingerprint density at radius 3 is 2.77 bits per heavy atom. The first-order valence-corrected chi connectivity index (χ1v) is 5.03. The van der Waals surface area contributed by atoms with Crippen molar-refractivity contribution in [3.8, 4) is 0 Å². The van der Waals surface area contributed by atoms with Crippen molar-refractivity contribution in [2.75, 3.05) is 13.7 Å². The van der Waals surface area contributed by atoms with Crippen molar-refractivity contribution in [2.24, 2.45) is 17.6 Å². The van der Waals surface area contributed by atoms with Crippen LogP contribution in [0.15, 0.2) is 0 Å². The maximum atomic E-state index is 11.0. The van der Waals surface area contributed by atoms with Crippen molar-refractivity contribution in [3.05, 3.63) is 0 Å². The van der Waals surface area contributed by atoms with Crippen molar-refractivity contribution < 1.29 is 9.53 Å². The highest BCUT2D eigenvalue weighted by Crippen LogP contribution is 2.30. The molecule has 76 valence electrons. The van der Waals surface area contributed by atoms with Crippen molar-refractivity contribution in [3.63, 3.8) is 0 Å². The van der Waals surface area contributed by atoms with Crippen LogP contribution in [0.4, 0.5) is 0 Å². The van der Waals surface area contributed by atoms with Gasteiger partial charge in [-0.3, -0.25) is 4.79 Å². The molecule has 3 heteroatoms. The lowest BCUT2D eigenvalue weighted by atomic mass is 9.80. The third-order valence-corrected chi connectivity index (χ3v) is 2.91. The lowest BCUT2D eigenvalue weighted by Crippen LogP contribution is -2.24. The molecule has 1 fully saturated rings. The maximum Gasteiger partial charge on any atom is 0.305 e. The lowest BCUT2D eigenvalue weighted by Gasteiger charge is -2.27. The predicted octanol–water partition coefficient (Wildman–Crippen LogP) is 1.31. The van der Waals surface area contributed by atoms with Crippen LogP contribution >= 0.6 is 0 Å². The van der Waals surface area contributed by atoms with Crippen LogP contribution < -0.4 is 5.73 Å². The molecule has 2 atom stereocenters. The van der Waals surface area contributed by atoms with Gasteiger partial charge in [0.1, 0.15) is 0 Å². The minimum absolute atomic E-state index is 0.0809. The van der Waals surface area contributed by atoms with Crippen molar-refractivity contribution in [1.82, 2.24) is 0 Å². The number of rotatable bonds is 3. The molecule has 0 heterocycles. The topological polar surface area (TPSA) is 52.3 Å². The van der Waals surface area contributed by atoms with Gasteiger partial charge < -0.3 is 10.5 Å². The molecule has 1 aliphatic carbocycles. The average Bonchev–Trinajstić information content (AvgIpc) is 2.18. The van der Waals surface area contributed by atoms with E-state index in [0.717, 1.165) is 19.4 Å². The molecule has 1 rings (SSSR count). The van der Waals surface area contributed by atoms with Crippen molar-refractivity contribution >= 4 is 5.97 Å². The van der Waals surface area contributed by atoms with Crippen LogP contribution in [0.1, 0.15) is 32.1 Å². The zero-order chi connectivity index (χ0) is 9.68. The fourth-order valence-electron chi connectivity index (χ4n) is 2.12. The number of ether oxygens (including phenoxy) is 1. The van der Waals surface area contributed by atoms with Gasteiger partial charge in [-0.2, -0.15) is 0 Å². The Morgan fingerprint density at radius 1 is 1.46 bits per heavy atom. The fourth-order valence-corrected chi connectivity index (χ4v) is 2.12. The first-order valence-electron chi connectivity index (χ1n) is 5.03. The van der Waals surface area contributed by atoms with E-state index in [1.165, 1.54) is 20.0 Å². The monoisotopic (exact) mass is 185 g/mol. The second kappa shape index (κ2) is 5.22. The standard InChI is InChI=1S/C10H19NO2/c1-13-10(12)6-8-3-2-4-9(5-8)7-11/h8-9H,2-7,11H2,1H3. The number of hydrogen-bond acceptors (Lipinski definition) is 3. The highest BCUT2D eigenvalue weighted by atomic mass is 16.5. The van der Waals surface area contributed by atoms with E-state index >= 15 is 0 Å². The molecule has 0 amide bonds. The zero-order valence-electron chi connectivity index (χ0n) is 8.29. The van der Waals surface area contributed by atoms with E-state index in [0.29, 0.717) is 18.3 Å². The van der Waals surface area contributed by atoms with E-state index in [1.807, 2.05) is 0 Å². The molecule has 3 nitrogen and oxygen atoms in total. The SMILES string of the molecule is COC(=O)CC1CCCC(CN)C1. The third kappa shape index (κ3) is 3.35. The fraction of sp³-hybridized carbons (Fsp3) is 0.900. The molecule has 0 aromatic heterocycles. The number of nitrogens with two attached hydrogens (primary N) is 1. The van der Waals surface area contributed by atoms with Crippen LogP contribution in [-0.4, -0.2) is 19.6 Å². The molecule has 0 saturated heterocycles.